The van der Waals surface area contributed by atoms with Crippen LogP contribution in [0.1, 0.15) is 11.1 Å². The summed E-state index contributed by atoms with van der Waals surface area (Å²) in [5.74, 6) is -0.145. The average Bonchev–Trinajstić information content (AvgIpc) is 2.72. The van der Waals surface area contributed by atoms with E-state index in [1.165, 1.54) is 12.7 Å². The predicted molar refractivity (Wildman–Crippen MR) is 105 cm³/mol. The summed E-state index contributed by atoms with van der Waals surface area (Å²) in [4.78, 5) is 11.0. The van der Waals surface area contributed by atoms with E-state index in [1.807, 2.05) is 66.7 Å². The van der Waals surface area contributed by atoms with Crippen molar-refractivity contribution in [3.63, 3.8) is 0 Å². The van der Waals surface area contributed by atoms with Gasteiger partial charge in [-0.25, -0.2) is 4.79 Å². The molecule has 4 heteroatoms. The minimum atomic E-state index is -0.955. The van der Waals surface area contributed by atoms with Gasteiger partial charge in [0.15, 0.2) is 6.10 Å². The van der Waals surface area contributed by atoms with Crippen molar-refractivity contribution in [3.8, 4) is 16.9 Å². The molecule has 27 heavy (non-hydrogen) atoms. The molecule has 0 spiro atoms. The number of carbonyl (C=O) groups is 1. The standard InChI is InChI=1S/C23H22O4/c1-26-22(23(24)25)15-17-7-9-18(10-8-17)16-27-21-13-11-20(12-14-21)19-5-3-2-4-6-19/h2-14,22H,15-16H2,1H3,(H,24,25)/t22-/m0/s1. The smallest absolute Gasteiger partial charge is 0.333 e. The van der Waals surface area contributed by atoms with Crippen LogP contribution in [0.5, 0.6) is 5.75 Å². The Morgan fingerprint density at radius 3 is 2.04 bits per heavy atom. The second-order valence-corrected chi connectivity index (χ2v) is 6.26. The molecule has 0 saturated heterocycles. The summed E-state index contributed by atoms with van der Waals surface area (Å²) in [5.41, 5.74) is 4.27. The van der Waals surface area contributed by atoms with Gasteiger partial charge in [0.1, 0.15) is 12.4 Å². The third-order valence-corrected chi connectivity index (χ3v) is 4.37. The second-order valence-electron chi connectivity index (χ2n) is 6.26. The molecule has 0 aliphatic carbocycles. The van der Waals surface area contributed by atoms with E-state index in [1.54, 1.807) is 0 Å². The normalized spacial score (nSPS) is 11.7. The fourth-order valence-corrected chi connectivity index (χ4v) is 2.80. The summed E-state index contributed by atoms with van der Waals surface area (Å²) < 4.78 is 10.8. The summed E-state index contributed by atoms with van der Waals surface area (Å²) in [6.07, 6.45) is -0.483. The number of hydrogen-bond donors (Lipinski definition) is 1. The third-order valence-electron chi connectivity index (χ3n) is 4.37. The van der Waals surface area contributed by atoms with Crippen molar-refractivity contribution in [3.05, 3.63) is 90.0 Å². The van der Waals surface area contributed by atoms with E-state index < -0.39 is 12.1 Å². The fraction of sp³-hybridized carbons (Fsp3) is 0.174. The Hall–Kier alpha value is -3.11. The highest BCUT2D eigenvalue weighted by Crippen LogP contribution is 2.22. The van der Waals surface area contributed by atoms with Gasteiger partial charge < -0.3 is 14.6 Å². The first-order chi connectivity index (χ1) is 13.2. The first kappa shape index (κ1) is 18.7. The number of carboxylic acid groups (broad SMARTS) is 1. The Bertz CT molecular complexity index is 855. The lowest BCUT2D eigenvalue weighted by molar-refractivity contribution is -0.148. The topological polar surface area (TPSA) is 55.8 Å². The third kappa shape index (κ3) is 5.19. The van der Waals surface area contributed by atoms with Crippen LogP contribution in [0.25, 0.3) is 11.1 Å². The summed E-state index contributed by atoms with van der Waals surface area (Å²) in [6.45, 7) is 0.456. The van der Waals surface area contributed by atoms with Crippen molar-refractivity contribution in [1.82, 2.24) is 0 Å². The number of carboxylic acids is 1. The van der Waals surface area contributed by atoms with Gasteiger partial charge in [0.05, 0.1) is 0 Å². The van der Waals surface area contributed by atoms with Gasteiger partial charge in [0, 0.05) is 13.5 Å². The van der Waals surface area contributed by atoms with E-state index in [9.17, 15) is 4.79 Å². The molecule has 0 aromatic heterocycles. The van der Waals surface area contributed by atoms with Crippen LogP contribution < -0.4 is 4.74 Å². The highest BCUT2D eigenvalue weighted by atomic mass is 16.5. The van der Waals surface area contributed by atoms with E-state index >= 15 is 0 Å². The van der Waals surface area contributed by atoms with Crippen molar-refractivity contribution in [2.75, 3.05) is 7.11 Å². The molecular formula is C23H22O4. The molecule has 3 aromatic carbocycles. The maximum Gasteiger partial charge on any atom is 0.333 e. The van der Waals surface area contributed by atoms with Crippen molar-refractivity contribution in [1.29, 1.82) is 0 Å². The van der Waals surface area contributed by atoms with Gasteiger partial charge in [-0.3, -0.25) is 0 Å². The van der Waals surface area contributed by atoms with E-state index in [0.717, 1.165) is 22.4 Å². The van der Waals surface area contributed by atoms with E-state index in [0.29, 0.717) is 13.0 Å². The molecule has 1 N–H and O–H groups in total. The molecule has 0 bridgehead atoms. The molecule has 0 radical (unpaired) electrons. The molecule has 0 unspecified atom stereocenters. The molecule has 4 nitrogen and oxygen atoms in total. The zero-order valence-electron chi connectivity index (χ0n) is 15.2. The zero-order valence-corrected chi connectivity index (χ0v) is 15.2. The Balaban J connectivity index is 1.56. The van der Waals surface area contributed by atoms with E-state index in [4.69, 9.17) is 14.6 Å². The van der Waals surface area contributed by atoms with Crippen LogP contribution >= 0.6 is 0 Å². The van der Waals surface area contributed by atoms with Gasteiger partial charge in [0.25, 0.3) is 0 Å². The number of hydrogen-bond acceptors (Lipinski definition) is 3. The molecule has 0 fully saturated rings. The molecule has 3 rings (SSSR count). The van der Waals surface area contributed by atoms with Crippen molar-refractivity contribution < 1.29 is 19.4 Å². The molecule has 1 atom stereocenters. The Labute approximate surface area is 159 Å². The largest absolute Gasteiger partial charge is 0.489 e. The maximum absolute atomic E-state index is 11.0. The number of ether oxygens (including phenoxy) is 2. The summed E-state index contributed by atoms with van der Waals surface area (Å²) in [6, 6.07) is 25.9. The molecular weight excluding hydrogens is 340 g/mol. The Kier molecular flexibility index (Phi) is 6.23. The van der Waals surface area contributed by atoms with Crippen LogP contribution in [0.2, 0.25) is 0 Å². The zero-order chi connectivity index (χ0) is 19.1. The second kappa shape index (κ2) is 9.01. The van der Waals surface area contributed by atoms with Crippen LogP contribution in [0.4, 0.5) is 0 Å². The van der Waals surface area contributed by atoms with Gasteiger partial charge >= 0.3 is 5.97 Å². The number of methoxy groups -OCH3 is 1. The molecule has 0 aliphatic heterocycles. The minimum Gasteiger partial charge on any atom is -0.489 e. The van der Waals surface area contributed by atoms with E-state index in [-0.39, 0.29) is 0 Å². The minimum absolute atomic E-state index is 0.341. The van der Waals surface area contributed by atoms with Gasteiger partial charge in [-0.15, -0.1) is 0 Å². The molecule has 3 aromatic rings. The number of benzene rings is 3. The molecule has 0 aliphatic rings. The van der Waals surface area contributed by atoms with Crippen molar-refractivity contribution in [2.45, 2.75) is 19.1 Å². The van der Waals surface area contributed by atoms with Crippen LogP contribution in [-0.2, 0) is 22.6 Å². The Morgan fingerprint density at radius 1 is 0.852 bits per heavy atom. The van der Waals surface area contributed by atoms with Gasteiger partial charge in [0.2, 0.25) is 0 Å². The van der Waals surface area contributed by atoms with Crippen LogP contribution in [0, 0.1) is 0 Å². The van der Waals surface area contributed by atoms with Crippen LogP contribution in [0.3, 0.4) is 0 Å². The summed E-state index contributed by atoms with van der Waals surface area (Å²) in [7, 11) is 1.41. The number of aliphatic carboxylic acids is 1. The molecule has 0 heterocycles. The van der Waals surface area contributed by atoms with Crippen molar-refractivity contribution in [2.24, 2.45) is 0 Å². The first-order valence-corrected chi connectivity index (χ1v) is 8.77. The Morgan fingerprint density at radius 2 is 1.44 bits per heavy atom. The van der Waals surface area contributed by atoms with Gasteiger partial charge in [-0.2, -0.15) is 0 Å². The number of rotatable bonds is 8. The lowest BCUT2D eigenvalue weighted by atomic mass is 10.1. The SMILES string of the molecule is CO[C@@H](Cc1ccc(COc2ccc(-c3ccccc3)cc2)cc1)C(=O)O. The molecule has 138 valence electrons. The highest BCUT2D eigenvalue weighted by Gasteiger charge is 2.16. The lowest BCUT2D eigenvalue weighted by Gasteiger charge is -2.11. The van der Waals surface area contributed by atoms with Gasteiger partial charge in [-0.05, 0) is 34.4 Å². The first-order valence-electron chi connectivity index (χ1n) is 8.77. The van der Waals surface area contributed by atoms with Crippen LogP contribution in [-0.4, -0.2) is 24.3 Å². The lowest BCUT2D eigenvalue weighted by Crippen LogP contribution is -2.24. The van der Waals surface area contributed by atoms with Crippen LogP contribution in [0.15, 0.2) is 78.9 Å². The van der Waals surface area contributed by atoms with Gasteiger partial charge in [-0.1, -0.05) is 66.7 Å². The fourth-order valence-electron chi connectivity index (χ4n) is 2.80. The highest BCUT2D eigenvalue weighted by molar-refractivity contribution is 5.72. The molecule has 0 saturated carbocycles. The van der Waals surface area contributed by atoms with E-state index in [2.05, 4.69) is 12.1 Å². The average molecular weight is 362 g/mol. The molecule has 0 amide bonds. The van der Waals surface area contributed by atoms with Crippen molar-refractivity contribution >= 4 is 5.97 Å². The summed E-state index contributed by atoms with van der Waals surface area (Å²) in [5, 5.41) is 9.05. The monoisotopic (exact) mass is 362 g/mol. The quantitative estimate of drug-likeness (QED) is 0.637. The predicted octanol–water partition coefficient (Wildman–Crippen LogP) is 4.57. The summed E-state index contributed by atoms with van der Waals surface area (Å²) >= 11 is 0. The maximum atomic E-state index is 11.0.